The van der Waals surface area contributed by atoms with Crippen molar-refractivity contribution in [2.75, 3.05) is 4.72 Å². The lowest BCUT2D eigenvalue weighted by molar-refractivity contribution is 0.518. The van der Waals surface area contributed by atoms with Crippen LogP contribution < -0.4 is 10.5 Å². The van der Waals surface area contributed by atoms with Crippen molar-refractivity contribution in [2.24, 2.45) is 0 Å². The van der Waals surface area contributed by atoms with E-state index in [2.05, 4.69) is 4.72 Å². The molecule has 1 aromatic heterocycles. The van der Waals surface area contributed by atoms with Gasteiger partial charge in [-0.3, -0.25) is 9.29 Å². The Labute approximate surface area is 162 Å². The van der Waals surface area contributed by atoms with Gasteiger partial charge in [-0.1, -0.05) is 48.0 Å². The van der Waals surface area contributed by atoms with Gasteiger partial charge in [0, 0.05) is 6.07 Å². The standard InChI is InChI=1S/C21H18N2O4S/c1-15-7-10-18(11-8-15)28(25,26)22-17-9-12-19-20(13-17)27-21(24)23(19)14-16-5-3-2-4-6-16/h2-13,22H,14H2,1H3. The van der Waals surface area contributed by atoms with Crippen LogP contribution in [0, 0.1) is 6.92 Å². The fourth-order valence-electron chi connectivity index (χ4n) is 2.98. The second-order valence-electron chi connectivity index (χ2n) is 6.54. The van der Waals surface area contributed by atoms with Gasteiger partial charge in [-0.2, -0.15) is 0 Å². The third-order valence-corrected chi connectivity index (χ3v) is 5.83. The molecule has 1 heterocycles. The first-order chi connectivity index (χ1) is 13.4. The van der Waals surface area contributed by atoms with Crippen molar-refractivity contribution in [3.63, 3.8) is 0 Å². The van der Waals surface area contributed by atoms with E-state index in [1.165, 1.54) is 10.6 Å². The van der Waals surface area contributed by atoms with Gasteiger partial charge in [0.15, 0.2) is 5.58 Å². The highest BCUT2D eigenvalue weighted by Gasteiger charge is 2.16. The minimum Gasteiger partial charge on any atom is -0.408 e. The van der Waals surface area contributed by atoms with E-state index >= 15 is 0 Å². The number of hydrogen-bond donors (Lipinski definition) is 1. The molecule has 0 bridgehead atoms. The number of anilines is 1. The zero-order chi connectivity index (χ0) is 19.7. The summed E-state index contributed by atoms with van der Waals surface area (Å²) in [7, 11) is -3.73. The number of nitrogens with one attached hydrogen (secondary N) is 1. The third-order valence-electron chi connectivity index (χ3n) is 4.44. The van der Waals surface area contributed by atoms with Crippen LogP contribution in [0.3, 0.4) is 0 Å². The van der Waals surface area contributed by atoms with Gasteiger partial charge in [0.05, 0.1) is 22.6 Å². The van der Waals surface area contributed by atoms with Gasteiger partial charge >= 0.3 is 5.76 Å². The molecule has 142 valence electrons. The Kier molecular flexibility index (Phi) is 4.52. The summed E-state index contributed by atoms with van der Waals surface area (Å²) in [5.74, 6) is -0.489. The summed E-state index contributed by atoms with van der Waals surface area (Å²) >= 11 is 0. The summed E-state index contributed by atoms with van der Waals surface area (Å²) in [4.78, 5) is 12.4. The largest absolute Gasteiger partial charge is 0.420 e. The van der Waals surface area contributed by atoms with E-state index in [1.54, 1.807) is 36.4 Å². The van der Waals surface area contributed by atoms with Crippen LogP contribution in [-0.4, -0.2) is 13.0 Å². The van der Waals surface area contributed by atoms with E-state index < -0.39 is 15.8 Å². The number of aromatic nitrogens is 1. The summed E-state index contributed by atoms with van der Waals surface area (Å²) in [5, 5.41) is 0. The first-order valence-corrected chi connectivity index (χ1v) is 10.2. The summed E-state index contributed by atoms with van der Waals surface area (Å²) in [6.45, 7) is 2.26. The van der Waals surface area contributed by atoms with Crippen molar-refractivity contribution in [1.29, 1.82) is 0 Å². The molecule has 1 N–H and O–H groups in total. The lowest BCUT2D eigenvalue weighted by atomic mass is 10.2. The zero-order valence-corrected chi connectivity index (χ0v) is 15.9. The summed E-state index contributed by atoms with van der Waals surface area (Å²) in [5.41, 5.74) is 3.20. The van der Waals surface area contributed by atoms with Gasteiger partial charge in [-0.05, 0) is 36.8 Å². The molecule has 3 aromatic carbocycles. The van der Waals surface area contributed by atoms with Crippen LogP contribution in [0.4, 0.5) is 5.69 Å². The quantitative estimate of drug-likeness (QED) is 0.559. The molecule has 0 amide bonds. The molecule has 7 heteroatoms. The van der Waals surface area contributed by atoms with E-state index in [0.717, 1.165) is 11.1 Å². The van der Waals surface area contributed by atoms with E-state index in [-0.39, 0.29) is 4.90 Å². The van der Waals surface area contributed by atoms with E-state index in [4.69, 9.17) is 4.42 Å². The Balaban J connectivity index is 1.65. The molecule has 0 spiro atoms. The monoisotopic (exact) mass is 394 g/mol. The second-order valence-corrected chi connectivity index (χ2v) is 8.22. The third kappa shape index (κ3) is 3.57. The van der Waals surface area contributed by atoms with Gasteiger partial charge in [0.25, 0.3) is 10.0 Å². The molecule has 0 fully saturated rings. The number of oxazole rings is 1. The molecule has 0 saturated heterocycles. The molecule has 0 radical (unpaired) electrons. The average Bonchev–Trinajstić information content (AvgIpc) is 2.97. The number of aryl methyl sites for hydroxylation is 1. The highest BCUT2D eigenvalue weighted by atomic mass is 32.2. The van der Waals surface area contributed by atoms with Crippen molar-refractivity contribution in [3.8, 4) is 0 Å². The van der Waals surface area contributed by atoms with Crippen molar-refractivity contribution < 1.29 is 12.8 Å². The van der Waals surface area contributed by atoms with Gasteiger partial charge in [0.1, 0.15) is 0 Å². The molecule has 0 aliphatic carbocycles. The minimum atomic E-state index is -3.73. The van der Waals surface area contributed by atoms with E-state index in [0.29, 0.717) is 23.3 Å². The number of benzene rings is 3. The number of nitrogens with zero attached hydrogens (tertiary/aromatic N) is 1. The average molecular weight is 394 g/mol. The number of rotatable bonds is 5. The first-order valence-electron chi connectivity index (χ1n) is 8.69. The van der Waals surface area contributed by atoms with Crippen molar-refractivity contribution in [3.05, 3.63) is 94.5 Å². The molecule has 6 nitrogen and oxygen atoms in total. The number of fused-ring (bicyclic) bond motifs is 1. The van der Waals surface area contributed by atoms with Gasteiger partial charge < -0.3 is 4.42 Å². The van der Waals surface area contributed by atoms with Gasteiger partial charge in [-0.25, -0.2) is 13.2 Å². The van der Waals surface area contributed by atoms with Gasteiger partial charge in [-0.15, -0.1) is 0 Å². The molecule has 4 rings (SSSR count). The fraction of sp³-hybridized carbons (Fsp3) is 0.0952. The minimum absolute atomic E-state index is 0.168. The van der Waals surface area contributed by atoms with Crippen LogP contribution in [0.25, 0.3) is 11.1 Å². The summed E-state index contributed by atoms with van der Waals surface area (Å²) in [6, 6.07) is 20.9. The lowest BCUT2D eigenvalue weighted by Gasteiger charge is -2.08. The fourth-order valence-corrected chi connectivity index (χ4v) is 4.03. The summed E-state index contributed by atoms with van der Waals surface area (Å²) < 4.78 is 34.5. The highest BCUT2D eigenvalue weighted by Crippen LogP contribution is 2.22. The SMILES string of the molecule is Cc1ccc(S(=O)(=O)Nc2ccc3c(c2)oc(=O)n3Cc2ccccc2)cc1. The maximum absolute atomic E-state index is 12.6. The molecule has 4 aromatic rings. The Morgan fingerprint density at radius 1 is 0.964 bits per heavy atom. The Morgan fingerprint density at radius 2 is 1.68 bits per heavy atom. The lowest BCUT2D eigenvalue weighted by Crippen LogP contribution is -2.14. The van der Waals surface area contributed by atoms with Crippen molar-refractivity contribution in [1.82, 2.24) is 4.57 Å². The summed E-state index contributed by atoms with van der Waals surface area (Å²) in [6.07, 6.45) is 0. The molecule has 28 heavy (non-hydrogen) atoms. The van der Waals surface area contributed by atoms with E-state index in [9.17, 15) is 13.2 Å². The first kappa shape index (κ1) is 18.1. The topological polar surface area (TPSA) is 81.3 Å². The smallest absolute Gasteiger partial charge is 0.408 e. The predicted octanol–water partition coefficient (Wildman–Crippen LogP) is 3.75. The highest BCUT2D eigenvalue weighted by molar-refractivity contribution is 7.92. The molecular formula is C21H18N2O4S. The number of hydrogen-bond acceptors (Lipinski definition) is 4. The van der Waals surface area contributed by atoms with Crippen LogP contribution in [0.2, 0.25) is 0 Å². The predicted molar refractivity (Wildman–Crippen MR) is 108 cm³/mol. The molecule has 0 aliphatic heterocycles. The Morgan fingerprint density at radius 3 is 2.39 bits per heavy atom. The van der Waals surface area contributed by atoms with Crippen LogP contribution in [-0.2, 0) is 16.6 Å². The molecule has 0 atom stereocenters. The normalized spacial score (nSPS) is 11.6. The van der Waals surface area contributed by atoms with Crippen LogP contribution in [0.15, 0.2) is 86.9 Å². The Hall–Kier alpha value is -3.32. The zero-order valence-electron chi connectivity index (χ0n) is 15.1. The molecule has 0 aliphatic rings. The number of sulfonamides is 1. The van der Waals surface area contributed by atoms with Crippen LogP contribution in [0.1, 0.15) is 11.1 Å². The maximum atomic E-state index is 12.6. The van der Waals surface area contributed by atoms with Crippen molar-refractivity contribution in [2.45, 2.75) is 18.4 Å². The van der Waals surface area contributed by atoms with Crippen LogP contribution in [0.5, 0.6) is 0 Å². The molecular weight excluding hydrogens is 376 g/mol. The maximum Gasteiger partial charge on any atom is 0.420 e. The van der Waals surface area contributed by atoms with Crippen molar-refractivity contribution >= 4 is 26.8 Å². The second kappa shape index (κ2) is 7.01. The van der Waals surface area contributed by atoms with E-state index in [1.807, 2.05) is 37.3 Å². The van der Waals surface area contributed by atoms with Crippen LogP contribution >= 0.6 is 0 Å². The Bertz CT molecular complexity index is 1290. The molecule has 0 unspecified atom stereocenters. The van der Waals surface area contributed by atoms with Gasteiger partial charge in [0.2, 0.25) is 0 Å². The molecule has 0 saturated carbocycles.